The summed E-state index contributed by atoms with van der Waals surface area (Å²) in [6.07, 6.45) is 3.48. The van der Waals surface area contributed by atoms with Gasteiger partial charge in [0.15, 0.2) is 5.75 Å². The average molecular weight is 326 g/mol. The molecule has 126 valence electrons. The highest BCUT2D eigenvalue weighted by Crippen LogP contribution is 2.29. The van der Waals surface area contributed by atoms with E-state index in [0.29, 0.717) is 18.2 Å². The highest BCUT2D eigenvalue weighted by Gasteiger charge is 2.26. The number of piperidine rings is 1. The summed E-state index contributed by atoms with van der Waals surface area (Å²) in [5.74, 6) is 0.421. The smallest absolute Gasteiger partial charge is 0.270 e. The first-order valence-corrected chi connectivity index (χ1v) is 8.21. The number of methoxy groups -OCH3 is 1. The third-order valence-electron chi connectivity index (χ3n) is 4.66. The SMILES string of the molecule is COc1c[nH]c(C(=O)N2CCC[C@H](c3ccccc3C)C2)cc1=O. The van der Waals surface area contributed by atoms with E-state index in [-0.39, 0.29) is 17.1 Å². The Morgan fingerprint density at radius 3 is 2.83 bits per heavy atom. The molecule has 2 heterocycles. The monoisotopic (exact) mass is 326 g/mol. The van der Waals surface area contributed by atoms with E-state index in [0.717, 1.165) is 19.4 Å². The molecule has 1 aliphatic heterocycles. The van der Waals surface area contributed by atoms with Crippen LogP contribution in [0.1, 0.15) is 40.4 Å². The largest absolute Gasteiger partial charge is 0.491 e. The first-order valence-electron chi connectivity index (χ1n) is 8.21. The van der Waals surface area contributed by atoms with Crippen molar-refractivity contribution in [2.45, 2.75) is 25.7 Å². The highest BCUT2D eigenvalue weighted by atomic mass is 16.5. The fourth-order valence-corrected chi connectivity index (χ4v) is 3.37. The van der Waals surface area contributed by atoms with E-state index in [1.165, 1.54) is 30.5 Å². The van der Waals surface area contributed by atoms with Crippen molar-refractivity contribution in [1.82, 2.24) is 9.88 Å². The predicted octanol–water partition coefficient (Wildman–Crippen LogP) is 2.71. The van der Waals surface area contributed by atoms with Gasteiger partial charge in [0, 0.05) is 31.3 Å². The van der Waals surface area contributed by atoms with Crippen molar-refractivity contribution >= 4 is 5.91 Å². The molecule has 24 heavy (non-hydrogen) atoms. The maximum Gasteiger partial charge on any atom is 0.270 e. The number of carbonyl (C=O) groups excluding carboxylic acids is 1. The average Bonchev–Trinajstić information content (AvgIpc) is 2.61. The Bertz CT molecular complexity index is 797. The van der Waals surface area contributed by atoms with Crippen LogP contribution in [0.15, 0.2) is 41.3 Å². The summed E-state index contributed by atoms with van der Waals surface area (Å²) >= 11 is 0. The Balaban J connectivity index is 1.79. The second kappa shape index (κ2) is 6.91. The minimum Gasteiger partial charge on any atom is -0.491 e. The molecular formula is C19H22N2O3. The van der Waals surface area contributed by atoms with Crippen LogP contribution in [0.25, 0.3) is 0 Å². The summed E-state index contributed by atoms with van der Waals surface area (Å²) in [7, 11) is 1.43. The molecule has 1 atom stereocenters. The van der Waals surface area contributed by atoms with Crippen LogP contribution in [0.3, 0.4) is 0 Å². The quantitative estimate of drug-likeness (QED) is 0.943. The Morgan fingerprint density at radius 1 is 1.33 bits per heavy atom. The first kappa shape index (κ1) is 16.3. The molecule has 3 rings (SSSR count). The van der Waals surface area contributed by atoms with Crippen LogP contribution in [-0.4, -0.2) is 36.0 Å². The summed E-state index contributed by atoms with van der Waals surface area (Å²) in [5.41, 5.74) is 2.59. The zero-order chi connectivity index (χ0) is 17.1. The van der Waals surface area contributed by atoms with Crippen LogP contribution in [0.4, 0.5) is 0 Å². The number of benzene rings is 1. The van der Waals surface area contributed by atoms with Crippen molar-refractivity contribution in [2.75, 3.05) is 20.2 Å². The summed E-state index contributed by atoms with van der Waals surface area (Å²) in [6.45, 7) is 3.50. The molecule has 1 aromatic carbocycles. The molecule has 1 aromatic heterocycles. The number of hydrogen-bond acceptors (Lipinski definition) is 3. The highest BCUT2D eigenvalue weighted by molar-refractivity contribution is 5.92. The minimum atomic E-state index is -0.285. The van der Waals surface area contributed by atoms with Gasteiger partial charge in [-0.3, -0.25) is 9.59 Å². The topological polar surface area (TPSA) is 62.4 Å². The third kappa shape index (κ3) is 3.20. The lowest BCUT2D eigenvalue weighted by molar-refractivity contribution is 0.0700. The number of aromatic nitrogens is 1. The number of carbonyl (C=O) groups is 1. The fraction of sp³-hybridized carbons (Fsp3) is 0.368. The van der Waals surface area contributed by atoms with E-state index < -0.39 is 0 Å². The van der Waals surface area contributed by atoms with Gasteiger partial charge < -0.3 is 14.6 Å². The van der Waals surface area contributed by atoms with E-state index in [2.05, 4.69) is 24.0 Å². The number of H-pyrrole nitrogens is 1. The molecule has 0 saturated carbocycles. The van der Waals surface area contributed by atoms with Crippen LogP contribution in [0.5, 0.6) is 5.75 Å². The normalized spacial score (nSPS) is 17.6. The third-order valence-corrected chi connectivity index (χ3v) is 4.66. The number of ether oxygens (including phenoxy) is 1. The summed E-state index contributed by atoms with van der Waals surface area (Å²) in [5, 5.41) is 0. The maximum atomic E-state index is 12.7. The molecule has 0 radical (unpaired) electrons. The summed E-state index contributed by atoms with van der Waals surface area (Å²) < 4.78 is 4.94. The summed E-state index contributed by atoms with van der Waals surface area (Å²) in [6, 6.07) is 9.65. The number of nitrogens with one attached hydrogen (secondary N) is 1. The molecular weight excluding hydrogens is 304 g/mol. The molecule has 5 heteroatoms. The van der Waals surface area contributed by atoms with Crippen LogP contribution in [-0.2, 0) is 0 Å². The number of nitrogens with zero attached hydrogens (tertiary/aromatic N) is 1. The number of aryl methyl sites for hydroxylation is 1. The second-order valence-corrected chi connectivity index (χ2v) is 6.23. The van der Waals surface area contributed by atoms with Crippen molar-refractivity contribution in [3.8, 4) is 5.75 Å². The lowest BCUT2D eigenvalue weighted by atomic mass is 9.88. The van der Waals surface area contributed by atoms with Crippen molar-refractivity contribution in [3.05, 3.63) is 63.6 Å². The molecule has 1 amide bonds. The number of aromatic amines is 1. The van der Waals surface area contributed by atoms with Gasteiger partial charge in [0.25, 0.3) is 5.91 Å². The van der Waals surface area contributed by atoms with Crippen molar-refractivity contribution in [1.29, 1.82) is 0 Å². The molecule has 1 saturated heterocycles. The summed E-state index contributed by atoms with van der Waals surface area (Å²) in [4.78, 5) is 29.3. The minimum absolute atomic E-state index is 0.131. The first-order chi connectivity index (χ1) is 11.6. The van der Waals surface area contributed by atoms with Crippen LogP contribution < -0.4 is 10.2 Å². The molecule has 5 nitrogen and oxygen atoms in total. The zero-order valence-electron chi connectivity index (χ0n) is 14.0. The lowest BCUT2D eigenvalue weighted by Gasteiger charge is -2.33. The zero-order valence-corrected chi connectivity index (χ0v) is 14.0. The Labute approximate surface area is 141 Å². The van der Waals surface area contributed by atoms with E-state index in [1.807, 2.05) is 17.0 Å². The molecule has 1 N–H and O–H groups in total. The van der Waals surface area contributed by atoms with Crippen LogP contribution in [0, 0.1) is 6.92 Å². The van der Waals surface area contributed by atoms with Gasteiger partial charge in [0.2, 0.25) is 5.43 Å². The molecule has 0 unspecified atom stereocenters. The Hall–Kier alpha value is -2.56. The lowest BCUT2D eigenvalue weighted by Crippen LogP contribution is -2.39. The molecule has 1 aliphatic rings. The van der Waals surface area contributed by atoms with E-state index in [1.54, 1.807) is 0 Å². The van der Waals surface area contributed by atoms with Gasteiger partial charge in [-0.15, -0.1) is 0 Å². The van der Waals surface area contributed by atoms with E-state index in [9.17, 15) is 9.59 Å². The van der Waals surface area contributed by atoms with Gasteiger partial charge in [-0.25, -0.2) is 0 Å². The van der Waals surface area contributed by atoms with E-state index in [4.69, 9.17) is 4.74 Å². The molecule has 1 fully saturated rings. The Morgan fingerprint density at radius 2 is 2.12 bits per heavy atom. The number of rotatable bonds is 3. The second-order valence-electron chi connectivity index (χ2n) is 6.23. The maximum absolute atomic E-state index is 12.7. The molecule has 0 spiro atoms. The van der Waals surface area contributed by atoms with Crippen molar-refractivity contribution in [2.24, 2.45) is 0 Å². The van der Waals surface area contributed by atoms with Gasteiger partial charge in [0.1, 0.15) is 5.69 Å². The van der Waals surface area contributed by atoms with Crippen molar-refractivity contribution < 1.29 is 9.53 Å². The van der Waals surface area contributed by atoms with Crippen molar-refractivity contribution in [3.63, 3.8) is 0 Å². The van der Waals surface area contributed by atoms with E-state index >= 15 is 0 Å². The number of likely N-dealkylation sites (tertiary alicyclic amines) is 1. The number of pyridine rings is 1. The molecule has 0 bridgehead atoms. The fourth-order valence-electron chi connectivity index (χ4n) is 3.37. The predicted molar refractivity (Wildman–Crippen MR) is 92.7 cm³/mol. The van der Waals surface area contributed by atoms with Gasteiger partial charge in [-0.2, -0.15) is 0 Å². The molecule has 0 aliphatic carbocycles. The Kier molecular flexibility index (Phi) is 4.69. The number of hydrogen-bond donors (Lipinski definition) is 1. The van der Waals surface area contributed by atoms with Gasteiger partial charge in [-0.1, -0.05) is 24.3 Å². The molecule has 2 aromatic rings. The van der Waals surface area contributed by atoms with Crippen LogP contribution in [0.2, 0.25) is 0 Å². The van der Waals surface area contributed by atoms with Gasteiger partial charge in [0.05, 0.1) is 7.11 Å². The van der Waals surface area contributed by atoms with Crippen LogP contribution >= 0.6 is 0 Å². The number of amides is 1. The standard InChI is InChI=1S/C19H22N2O3/c1-13-6-3-4-8-15(13)14-7-5-9-21(12-14)19(23)16-10-17(22)18(24-2)11-20-16/h3-4,6,8,10-11,14H,5,7,9,12H2,1-2H3,(H,20,22)/t14-/m0/s1. The van der Waals surface area contributed by atoms with Gasteiger partial charge >= 0.3 is 0 Å². The van der Waals surface area contributed by atoms with Gasteiger partial charge in [-0.05, 0) is 30.9 Å².